The molecule has 5 nitrogen and oxygen atoms in total. The fourth-order valence-electron chi connectivity index (χ4n) is 1.52. The zero-order valence-electron chi connectivity index (χ0n) is 10.5. The highest BCUT2D eigenvalue weighted by Gasteiger charge is 2.13. The first kappa shape index (κ1) is 14.2. The first-order valence-corrected chi connectivity index (χ1v) is 6.68. The molecule has 0 aliphatic rings. The smallest absolute Gasteiger partial charge is 0.313 e. The minimum Gasteiger partial charge on any atom is -0.344 e. The average molecular weight is 334 g/mol. The number of hydrogen-bond acceptors (Lipinski definition) is 3. The van der Waals surface area contributed by atoms with Gasteiger partial charge in [0.05, 0.1) is 0 Å². The lowest BCUT2D eigenvalue weighted by Gasteiger charge is -2.06. The summed E-state index contributed by atoms with van der Waals surface area (Å²) in [7, 11) is 0. The van der Waals surface area contributed by atoms with Crippen LogP contribution in [0, 0.1) is 0 Å². The number of nitrogens with one attached hydrogen (secondary N) is 2. The highest BCUT2D eigenvalue weighted by atomic mass is 79.9. The van der Waals surface area contributed by atoms with Crippen LogP contribution in [0.5, 0.6) is 0 Å². The molecule has 0 atom stereocenters. The molecule has 2 N–H and O–H groups in total. The van der Waals surface area contributed by atoms with Gasteiger partial charge in [0.15, 0.2) is 0 Å². The summed E-state index contributed by atoms with van der Waals surface area (Å²) in [5.41, 5.74) is 1.44. The van der Waals surface area contributed by atoms with Crippen LogP contribution in [0.2, 0.25) is 0 Å². The van der Waals surface area contributed by atoms with Crippen molar-refractivity contribution in [1.29, 1.82) is 0 Å². The van der Waals surface area contributed by atoms with Crippen molar-refractivity contribution in [2.24, 2.45) is 0 Å². The summed E-state index contributed by atoms with van der Waals surface area (Å²) in [6.07, 6.45) is 3.26. The van der Waals surface area contributed by atoms with Crippen molar-refractivity contribution in [2.45, 2.75) is 6.54 Å². The fraction of sp³-hybridized carbons (Fsp3) is 0.0714. The topological polar surface area (TPSA) is 71.1 Å². The van der Waals surface area contributed by atoms with Crippen LogP contribution in [0.15, 0.2) is 53.3 Å². The first-order chi connectivity index (χ1) is 9.65. The van der Waals surface area contributed by atoms with Gasteiger partial charge in [0.2, 0.25) is 0 Å². The number of amides is 2. The number of benzene rings is 1. The third kappa shape index (κ3) is 4.17. The summed E-state index contributed by atoms with van der Waals surface area (Å²) in [5.74, 6) is -1.38. The number of rotatable bonds is 3. The van der Waals surface area contributed by atoms with Crippen molar-refractivity contribution in [3.8, 4) is 0 Å². The first-order valence-electron chi connectivity index (χ1n) is 5.89. The molecule has 2 aromatic rings. The molecule has 0 saturated heterocycles. The van der Waals surface area contributed by atoms with Crippen LogP contribution in [-0.2, 0) is 16.1 Å². The fourth-order valence-corrected chi connectivity index (χ4v) is 1.92. The van der Waals surface area contributed by atoms with Gasteiger partial charge in [-0.1, -0.05) is 22.0 Å². The molecular weight excluding hydrogens is 322 g/mol. The highest BCUT2D eigenvalue weighted by Crippen LogP contribution is 2.15. The van der Waals surface area contributed by atoms with E-state index in [2.05, 4.69) is 31.5 Å². The molecule has 6 heteroatoms. The van der Waals surface area contributed by atoms with Gasteiger partial charge in [0, 0.05) is 29.1 Å². The quantitative estimate of drug-likeness (QED) is 0.845. The van der Waals surface area contributed by atoms with Crippen LogP contribution in [-0.4, -0.2) is 16.8 Å². The molecule has 20 heavy (non-hydrogen) atoms. The van der Waals surface area contributed by atoms with Crippen LogP contribution in [0.25, 0.3) is 0 Å². The number of pyridine rings is 1. The molecule has 0 radical (unpaired) electrons. The van der Waals surface area contributed by atoms with E-state index in [-0.39, 0.29) is 6.54 Å². The van der Waals surface area contributed by atoms with E-state index in [1.807, 2.05) is 6.07 Å². The normalized spacial score (nSPS) is 9.85. The van der Waals surface area contributed by atoms with Crippen molar-refractivity contribution in [1.82, 2.24) is 10.3 Å². The monoisotopic (exact) mass is 333 g/mol. The maximum atomic E-state index is 11.7. The summed E-state index contributed by atoms with van der Waals surface area (Å²) < 4.78 is 0.826. The van der Waals surface area contributed by atoms with E-state index >= 15 is 0 Å². The predicted molar refractivity (Wildman–Crippen MR) is 78.9 cm³/mol. The Morgan fingerprint density at radius 2 is 1.85 bits per heavy atom. The standard InChI is InChI=1S/C14H12BrN3O2/c15-11-2-1-3-12(8-11)18-14(20)13(19)17-9-10-4-6-16-7-5-10/h1-8H,9H2,(H,17,19)(H,18,20). The number of carbonyl (C=O) groups is 2. The van der Waals surface area contributed by atoms with E-state index in [4.69, 9.17) is 0 Å². The molecule has 0 spiro atoms. The summed E-state index contributed by atoms with van der Waals surface area (Å²) in [5, 5.41) is 5.07. The Labute approximate surface area is 124 Å². The summed E-state index contributed by atoms with van der Waals surface area (Å²) in [6, 6.07) is 10.6. The molecular formula is C14H12BrN3O2. The van der Waals surface area contributed by atoms with Crippen molar-refractivity contribution in [3.63, 3.8) is 0 Å². The summed E-state index contributed by atoms with van der Waals surface area (Å²) in [4.78, 5) is 27.2. The number of carbonyl (C=O) groups excluding carboxylic acids is 2. The molecule has 0 unspecified atom stereocenters. The molecule has 1 aromatic heterocycles. The largest absolute Gasteiger partial charge is 0.344 e. The second-order valence-corrected chi connectivity index (χ2v) is 4.92. The van der Waals surface area contributed by atoms with Crippen LogP contribution in [0.1, 0.15) is 5.56 Å². The molecule has 0 saturated carbocycles. The Kier molecular flexibility index (Phi) is 4.84. The van der Waals surface area contributed by atoms with Gasteiger partial charge in [0.1, 0.15) is 0 Å². The van der Waals surface area contributed by atoms with Crippen molar-refractivity contribution < 1.29 is 9.59 Å². The number of aromatic nitrogens is 1. The lowest BCUT2D eigenvalue weighted by molar-refractivity contribution is -0.136. The maximum absolute atomic E-state index is 11.7. The Hall–Kier alpha value is -2.21. The Balaban J connectivity index is 1.88. The van der Waals surface area contributed by atoms with Gasteiger partial charge in [-0.15, -0.1) is 0 Å². The van der Waals surface area contributed by atoms with Gasteiger partial charge in [-0.05, 0) is 35.9 Å². The van der Waals surface area contributed by atoms with Crippen molar-refractivity contribution in [2.75, 3.05) is 5.32 Å². The molecule has 1 heterocycles. The van der Waals surface area contributed by atoms with E-state index in [0.29, 0.717) is 5.69 Å². The lowest BCUT2D eigenvalue weighted by Crippen LogP contribution is -2.34. The molecule has 2 rings (SSSR count). The molecule has 0 aliphatic heterocycles. The van der Waals surface area contributed by atoms with E-state index in [1.54, 1.807) is 42.7 Å². The number of hydrogen-bond donors (Lipinski definition) is 2. The maximum Gasteiger partial charge on any atom is 0.313 e. The molecule has 0 aliphatic carbocycles. The number of anilines is 1. The van der Waals surface area contributed by atoms with E-state index in [0.717, 1.165) is 10.0 Å². The van der Waals surface area contributed by atoms with Gasteiger partial charge in [-0.3, -0.25) is 14.6 Å². The second kappa shape index (κ2) is 6.81. The Morgan fingerprint density at radius 1 is 1.10 bits per heavy atom. The van der Waals surface area contributed by atoms with Crippen LogP contribution >= 0.6 is 15.9 Å². The third-order valence-corrected chi connectivity index (χ3v) is 2.98. The van der Waals surface area contributed by atoms with E-state index in [9.17, 15) is 9.59 Å². The summed E-state index contributed by atoms with van der Waals surface area (Å²) in [6.45, 7) is 0.285. The van der Waals surface area contributed by atoms with E-state index in [1.165, 1.54) is 0 Å². The minimum absolute atomic E-state index is 0.285. The SMILES string of the molecule is O=C(NCc1ccncc1)C(=O)Nc1cccc(Br)c1. The van der Waals surface area contributed by atoms with Gasteiger partial charge >= 0.3 is 11.8 Å². The van der Waals surface area contributed by atoms with Crippen LogP contribution < -0.4 is 10.6 Å². The zero-order chi connectivity index (χ0) is 14.4. The second-order valence-electron chi connectivity index (χ2n) is 4.00. The molecule has 2 amide bonds. The Morgan fingerprint density at radius 3 is 2.55 bits per heavy atom. The van der Waals surface area contributed by atoms with E-state index < -0.39 is 11.8 Å². The molecule has 0 fully saturated rings. The zero-order valence-corrected chi connectivity index (χ0v) is 12.1. The van der Waals surface area contributed by atoms with Crippen molar-refractivity contribution >= 4 is 33.4 Å². The lowest BCUT2D eigenvalue weighted by atomic mass is 10.2. The van der Waals surface area contributed by atoms with Gasteiger partial charge in [-0.2, -0.15) is 0 Å². The van der Waals surface area contributed by atoms with Gasteiger partial charge in [0.25, 0.3) is 0 Å². The number of halogens is 1. The summed E-state index contributed by atoms with van der Waals surface area (Å²) >= 11 is 3.29. The predicted octanol–water partition coefficient (Wildman–Crippen LogP) is 2.10. The Bertz CT molecular complexity index is 617. The van der Waals surface area contributed by atoms with Crippen LogP contribution in [0.3, 0.4) is 0 Å². The highest BCUT2D eigenvalue weighted by molar-refractivity contribution is 9.10. The van der Waals surface area contributed by atoms with Crippen LogP contribution in [0.4, 0.5) is 5.69 Å². The molecule has 102 valence electrons. The van der Waals surface area contributed by atoms with Crippen molar-refractivity contribution in [3.05, 3.63) is 58.8 Å². The number of nitrogens with zero attached hydrogens (tertiary/aromatic N) is 1. The minimum atomic E-state index is -0.697. The average Bonchev–Trinajstić information content (AvgIpc) is 2.46. The molecule has 1 aromatic carbocycles. The van der Waals surface area contributed by atoms with Gasteiger partial charge < -0.3 is 10.6 Å². The molecule has 0 bridgehead atoms. The third-order valence-electron chi connectivity index (χ3n) is 2.49. The van der Waals surface area contributed by atoms with Gasteiger partial charge in [-0.25, -0.2) is 0 Å².